The molecular formula is C27H25N3O3S. The van der Waals surface area contributed by atoms with Crippen LogP contribution >= 0.6 is 11.8 Å². The lowest BCUT2D eigenvalue weighted by Gasteiger charge is -2.17. The normalized spacial score (nSPS) is 12.0. The molecule has 172 valence electrons. The summed E-state index contributed by atoms with van der Waals surface area (Å²) in [7, 11) is 0. The number of hydrogen-bond acceptors (Lipinski definition) is 5. The highest BCUT2D eigenvalue weighted by atomic mass is 32.2. The third kappa shape index (κ3) is 6.12. The van der Waals surface area contributed by atoms with E-state index < -0.39 is 17.9 Å². The Morgan fingerprint density at radius 1 is 1.18 bits per heavy atom. The van der Waals surface area contributed by atoms with Crippen LogP contribution < -0.4 is 5.32 Å². The van der Waals surface area contributed by atoms with Gasteiger partial charge in [-0.1, -0.05) is 36.4 Å². The first-order chi connectivity index (χ1) is 16.4. The van der Waals surface area contributed by atoms with Crippen LogP contribution in [0.4, 0.5) is 0 Å². The number of carbonyl (C=O) groups is 2. The minimum absolute atomic E-state index is 0.333. The van der Waals surface area contributed by atoms with Crippen molar-refractivity contribution in [2.75, 3.05) is 12.0 Å². The average Bonchev–Trinajstić information content (AvgIpc) is 2.85. The lowest BCUT2D eigenvalue weighted by atomic mass is 9.92. The molecule has 0 aliphatic rings. The van der Waals surface area contributed by atoms with Crippen molar-refractivity contribution in [3.8, 4) is 17.2 Å². The summed E-state index contributed by atoms with van der Waals surface area (Å²) in [6, 6.07) is 17.8. The van der Waals surface area contributed by atoms with Crippen LogP contribution in [0, 0.1) is 18.3 Å². The zero-order chi connectivity index (χ0) is 24.5. The van der Waals surface area contributed by atoms with Crippen molar-refractivity contribution in [1.82, 2.24) is 10.3 Å². The molecule has 3 aromatic rings. The number of nitriles is 1. The van der Waals surface area contributed by atoms with Crippen molar-refractivity contribution >= 4 is 35.3 Å². The number of aromatic nitrogens is 1. The fourth-order valence-corrected chi connectivity index (χ4v) is 4.02. The van der Waals surface area contributed by atoms with Crippen molar-refractivity contribution in [3.05, 3.63) is 89.2 Å². The van der Waals surface area contributed by atoms with Crippen LogP contribution in [0.15, 0.2) is 67.0 Å². The van der Waals surface area contributed by atoms with E-state index in [4.69, 9.17) is 0 Å². The third-order valence-corrected chi connectivity index (χ3v) is 5.99. The third-order valence-electron chi connectivity index (χ3n) is 5.34. The molecule has 0 saturated heterocycles. The number of nitrogens with zero attached hydrogens (tertiary/aromatic N) is 2. The first-order valence-corrected chi connectivity index (χ1v) is 12.1. The second-order valence-electron chi connectivity index (χ2n) is 7.68. The number of nitrogens with one attached hydrogen (secondary N) is 1. The number of benzene rings is 2. The summed E-state index contributed by atoms with van der Waals surface area (Å²) < 4.78 is 0. The van der Waals surface area contributed by atoms with Gasteiger partial charge in [0.05, 0.1) is 11.6 Å². The maximum Gasteiger partial charge on any atom is 0.326 e. The van der Waals surface area contributed by atoms with E-state index >= 15 is 0 Å². The number of aryl methyl sites for hydroxylation is 1. The van der Waals surface area contributed by atoms with Crippen LogP contribution in [0.25, 0.3) is 22.8 Å². The van der Waals surface area contributed by atoms with Gasteiger partial charge < -0.3 is 10.4 Å². The number of pyridine rings is 1. The zero-order valence-corrected chi connectivity index (χ0v) is 19.8. The summed E-state index contributed by atoms with van der Waals surface area (Å²) in [5.74, 6) is -0.888. The van der Waals surface area contributed by atoms with Crippen LogP contribution in [-0.4, -0.2) is 40.0 Å². The molecule has 1 heterocycles. The number of amides is 1. The van der Waals surface area contributed by atoms with Crippen LogP contribution in [0.5, 0.6) is 0 Å². The Morgan fingerprint density at radius 3 is 2.62 bits per heavy atom. The Balaban J connectivity index is 2.06. The van der Waals surface area contributed by atoms with Gasteiger partial charge in [0.2, 0.25) is 0 Å². The van der Waals surface area contributed by atoms with Gasteiger partial charge in [-0.05, 0) is 71.9 Å². The first kappa shape index (κ1) is 24.7. The van der Waals surface area contributed by atoms with Gasteiger partial charge in [-0.3, -0.25) is 9.78 Å². The molecule has 1 atom stereocenters. The van der Waals surface area contributed by atoms with Gasteiger partial charge in [-0.25, -0.2) is 4.79 Å². The van der Waals surface area contributed by atoms with Crippen molar-refractivity contribution in [1.29, 1.82) is 5.26 Å². The minimum atomic E-state index is -1.06. The van der Waals surface area contributed by atoms with E-state index in [9.17, 15) is 20.0 Å². The molecule has 0 bridgehead atoms. The number of rotatable bonds is 9. The highest BCUT2D eigenvalue weighted by Gasteiger charge is 2.22. The topological polar surface area (TPSA) is 103 Å². The number of thioether (sulfide) groups is 1. The maximum atomic E-state index is 13.2. The summed E-state index contributed by atoms with van der Waals surface area (Å²) in [4.78, 5) is 28.9. The van der Waals surface area contributed by atoms with Crippen molar-refractivity contribution < 1.29 is 14.7 Å². The van der Waals surface area contributed by atoms with Crippen molar-refractivity contribution in [2.24, 2.45) is 0 Å². The quantitative estimate of drug-likeness (QED) is 0.423. The van der Waals surface area contributed by atoms with Gasteiger partial charge in [0.1, 0.15) is 6.04 Å². The molecule has 0 spiro atoms. The monoisotopic (exact) mass is 471 g/mol. The lowest BCUT2D eigenvalue weighted by Crippen LogP contribution is -2.41. The number of allylic oxidation sites excluding steroid dienone is 1. The van der Waals surface area contributed by atoms with Gasteiger partial charge in [0, 0.05) is 23.5 Å². The number of carboxylic acid groups (broad SMARTS) is 1. The molecule has 2 N–H and O–H groups in total. The van der Waals surface area contributed by atoms with Crippen LogP contribution in [-0.2, 0) is 4.79 Å². The summed E-state index contributed by atoms with van der Waals surface area (Å²) in [6.07, 6.45) is 7.24. The van der Waals surface area contributed by atoms with E-state index in [1.165, 1.54) is 11.8 Å². The number of aliphatic carboxylic acids is 1. The molecular weight excluding hydrogens is 446 g/mol. The van der Waals surface area contributed by atoms with Crippen LogP contribution in [0.2, 0.25) is 0 Å². The Labute approximate surface area is 203 Å². The van der Waals surface area contributed by atoms with Crippen LogP contribution in [0.1, 0.15) is 33.5 Å². The molecule has 1 amide bonds. The molecule has 0 fully saturated rings. The van der Waals surface area contributed by atoms with Crippen molar-refractivity contribution in [2.45, 2.75) is 19.4 Å². The summed E-state index contributed by atoms with van der Waals surface area (Å²) in [6.45, 7) is 1.95. The van der Waals surface area contributed by atoms with Gasteiger partial charge >= 0.3 is 5.97 Å². The second kappa shape index (κ2) is 11.8. The molecule has 3 rings (SSSR count). The van der Waals surface area contributed by atoms with E-state index in [2.05, 4.69) is 16.4 Å². The van der Waals surface area contributed by atoms with E-state index in [0.29, 0.717) is 34.4 Å². The van der Waals surface area contributed by atoms with E-state index in [0.717, 1.165) is 16.7 Å². The Kier molecular flexibility index (Phi) is 8.60. The molecule has 0 saturated carbocycles. The highest BCUT2D eigenvalue weighted by Crippen LogP contribution is 2.30. The Bertz CT molecular complexity index is 1250. The SMILES string of the molecule is CSCC[C@H](NC(=O)c1ccc(/C=C(\C#N)c2cccnc2)cc1-c1ccccc1C)C(=O)O. The predicted octanol–water partition coefficient (Wildman–Crippen LogP) is 5.06. The molecule has 2 aromatic carbocycles. The molecule has 34 heavy (non-hydrogen) atoms. The van der Waals surface area contributed by atoms with E-state index in [1.54, 1.807) is 36.7 Å². The Hall–Kier alpha value is -3.89. The highest BCUT2D eigenvalue weighted by molar-refractivity contribution is 7.98. The molecule has 1 aromatic heterocycles. The summed E-state index contributed by atoms with van der Waals surface area (Å²) >= 11 is 1.53. The smallest absolute Gasteiger partial charge is 0.326 e. The molecule has 0 unspecified atom stereocenters. The molecule has 0 aliphatic heterocycles. The summed E-state index contributed by atoms with van der Waals surface area (Å²) in [5, 5.41) is 21.9. The van der Waals surface area contributed by atoms with Gasteiger partial charge in [-0.2, -0.15) is 17.0 Å². The molecule has 6 nitrogen and oxygen atoms in total. The van der Waals surface area contributed by atoms with Gasteiger partial charge in [0.15, 0.2) is 0 Å². The predicted molar refractivity (Wildman–Crippen MR) is 136 cm³/mol. The van der Waals surface area contributed by atoms with Gasteiger partial charge in [0.25, 0.3) is 5.91 Å². The van der Waals surface area contributed by atoms with E-state index in [1.807, 2.05) is 49.6 Å². The number of carbonyl (C=O) groups excluding carboxylic acids is 1. The average molecular weight is 472 g/mol. The number of hydrogen-bond donors (Lipinski definition) is 2. The van der Waals surface area contributed by atoms with E-state index in [-0.39, 0.29) is 0 Å². The first-order valence-electron chi connectivity index (χ1n) is 10.7. The largest absolute Gasteiger partial charge is 0.480 e. The van der Waals surface area contributed by atoms with Crippen molar-refractivity contribution in [3.63, 3.8) is 0 Å². The maximum absolute atomic E-state index is 13.2. The molecule has 0 radical (unpaired) electrons. The summed E-state index contributed by atoms with van der Waals surface area (Å²) in [5.41, 5.74) is 4.77. The molecule has 0 aliphatic carbocycles. The fourth-order valence-electron chi connectivity index (χ4n) is 3.55. The standard InChI is InChI=1S/C27H25N3O3S/c1-18-6-3-4-8-22(18)24-15-19(14-21(16-28)20-7-5-12-29-17-20)9-10-23(24)26(31)30-25(27(32)33)11-13-34-2/h3-10,12,14-15,17,25H,11,13H2,1-2H3,(H,30,31)(H,32,33)/b21-14+/t25-/m0/s1. The number of carboxylic acids is 1. The van der Waals surface area contributed by atoms with Crippen LogP contribution in [0.3, 0.4) is 0 Å². The lowest BCUT2D eigenvalue weighted by molar-refractivity contribution is -0.139. The second-order valence-corrected chi connectivity index (χ2v) is 8.66. The minimum Gasteiger partial charge on any atom is -0.480 e. The fraction of sp³-hybridized carbons (Fsp3) is 0.185. The molecule has 7 heteroatoms. The van der Waals surface area contributed by atoms with Gasteiger partial charge in [-0.15, -0.1) is 0 Å². The Morgan fingerprint density at radius 2 is 1.97 bits per heavy atom. The zero-order valence-electron chi connectivity index (χ0n) is 19.0.